The first-order valence-corrected chi connectivity index (χ1v) is 10.3. The Labute approximate surface area is 164 Å². The zero-order valence-corrected chi connectivity index (χ0v) is 16.9. The van der Waals surface area contributed by atoms with Crippen LogP contribution in [-0.2, 0) is 14.8 Å². The van der Waals surface area contributed by atoms with Gasteiger partial charge >= 0.3 is 0 Å². The summed E-state index contributed by atoms with van der Waals surface area (Å²) in [5.41, 5.74) is 0.327. The highest BCUT2D eigenvalue weighted by atomic mass is 35.5. The van der Waals surface area contributed by atoms with Crippen molar-refractivity contribution in [1.29, 1.82) is 0 Å². The lowest BCUT2D eigenvalue weighted by molar-refractivity contribution is -0.129. The number of sulfonamides is 1. The number of benzene rings is 2. The Kier molecular flexibility index (Phi) is 6.92. The largest absolute Gasteiger partial charge is 0.342 e. The summed E-state index contributed by atoms with van der Waals surface area (Å²) in [6.45, 7) is 4.38. The molecule has 0 radical (unpaired) electrons. The third-order valence-corrected chi connectivity index (χ3v) is 6.17. The summed E-state index contributed by atoms with van der Waals surface area (Å²) in [7, 11) is -3.96. The summed E-state index contributed by atoms with van der Waals surface area (Å²) in [4.78, 5) is 14.2. The molecule has 0 unspecified atom stereocenters. The van der Waals surface area contributed by atoms with E-state index in [9.17, 15) is 13.2 Å². The molecular weight excluding hydrogens is 395 g/mol. The van der Waals surface area contributed by atoms with Crippen LogP contribution in [0.4, 0.5) is 5.69 Å². The molecule has 0 aliphatic heterocycles. The van der Waals surface area contributed by atoms with Gasteiger partial charge in [0.1, 0.15) is 6.54 Å². The molecule has 1 amide bonds. The van der Waals surface area contributed by atoms with E-state index in [4.69, 9.17) is 23.2 Å². The third-order valence-electron chi connectivity index (χ3n) is 3.89. The van der Waals surface area contributed by atoms with Crippen molar-refractivity contribution in [3.63, 3.8) is 0 Å². The summed E-state index contributed by atoms with van der Waals surface area (Å²) in [5.74, 6) is -0.285. The first-order chi connectivity index (χ1) is 12.3. The van der Waals surface area contributed by atoms with Crippen molar-refractivity contribution in [2.24, 2.45) is 0 Å². The average Bonchev–Trinajstić information content (AvgIpc) is 2.61. The van der Waals surface area contributed by atoms with E-state index in [1.165, 1.54) is 30.3 Å². The topological polar surface area (TPSA) is 57.7 Å². The third kappa shape index (κ3) is 4.69. The zero-order chi connectivity index (χ0) is 19.3. The number of nitrogens with zero attached hydrogens (tertiary/aromatic N) is 2. The summed E-state index contributed by atoms with van der Waals surface area (Å²) in [5, 5.41) is 0.812. The molecule has 0 N–H and O–H groups in total. The molecule has 0 aliphatic carbocycles. The normalized spacial score (nSPS) is 11.2. The van der Waals surface area contributed by atoms with Crippen LogP contribution in [0.15, 0.2) is 53.4 Å². The number of carbonyl (C=O) groups excluding carboxylic acids is 1. The molecule has 0 bridgehead atoms. The molecule has 2 rings (SSSR count). The highest BCUT2D eigenvalue weighted by Crippen LogP contribution is 2.27. The number of hydrogen-bond acceptors (Lipinski definition) is 3. The molecule has 0 atom stereocenters. The molecule has 0 aromatic heterocycles. The van der Waals surface area contributed by atoms with Gasteiger partial charge in [0.05, 0.1) is 10.6 Å². The van der Waals surface area contributed by atoms with Crippen LogP contribution in [0, 0.1) is 0 Å². The van der Waals surface area contributed by atoms with E-state index in [1.807, 2.05) is 13.8 Å². The van der Waals surface area contributed by atoms with Gasteiger partial charge in [0.15, 0.2) is 0 Å². The van der Waals surface area contributed by atoms with E-state index >= 15 is 0 Å². The highest BCUT2D eigenvalue weighted by molar-refractivity contribution is 7.92. The number of carbonyl (C=O) groups is 1. The summed E-state index contributed by atoms with van der Waals surface area (Å²) >= 11 is 11.9. The van der Waals surface area contributed by atoms with Gasteiger partial charge in [-0.15, -0.1) is 0 Å². The minimum Gasteiger partial charge on any atom is -0.342 e. The van der Waals surface area contributed by atoms with Gasteiger partial charge in [-0.25, -0.2) is 8.42 Å². The summed E-state index contributed by atoms with van der Waals surface area (Å²) in [6, 6.07) is 12.2. The second kappa shape index (κ2) is 8.75. The number of amides is 1. The highest BCUT2D eigenvalue weighted by Gasteiger charge is 2.28. The van der Waals surface area contributed by atoms with Crippen LogP contribution in [0.1, 0.15) is 13.8 Å². The first kappa shape index (κ1) is 20.6. The van der Waals surface area contributed by atoms with Crippen molar-refractivity contribution in [3.8, 4) is 0 Å². The Morgan fingerprint density at radius 3 is 2.12 bits per heavy atom. The molecule has 0 heterocycles. The molecule has 0 saturated carbocycles. The van der Waals surface area contributed by atoms with Crippen molar-refractivity contribution < 1.29 is 13.2 Å². The predicted molar refractivity (Wildman–Crippen MR) is 105 cm³/mol. The van der Waals surface area contributed by atoms with Crippen LogP contribution in [-0.4, -0.2) is 38.9 Å². The second-order valence-electron chi connectivity index (χ2n) is 5.51. The zero-order valence-electron chi connectivity index (χ0n) is 14.5. The van der Waals surface area contributed by atoms with Gasteiger partial charge < -0.3 is 4.90 Å². The second-order valence-corrected chi connectivity index (χ2v) is 8.25. The van der Waals surface area contributed by atoms with Crippen LogP contribution < -0.4 is 4.31 Å². The lowest BCUT2D eigenvalue weighted by Crippen LogP contribution is -2.43. The number of rotatable bonds is 7. The Bertz CT molecular complexity index is 866. The molecule has 0 fully saturated rings. The number of likely N-dealkylation sites (N-methyl/N-ethyl adjacent to an activating group) is 1. The molecule has 5 nitrogen and oxygen atoms in total. The predicted octanol–water partition coefficient (Wildman–Crippen LogP) is 4.06. The van der Waals surface area contributed by atoms with E-state index in [2.05, 4.69) is 0 Å². The SMILES string of the molecule is CCN(CC)C(=O)CN(c1cccc(Cl)c1)S(=O)(=O)c1ccc(Cl)cc1. The number of hydrogen-bond donors (Lipinski definition) is 0. The van der Waals surface area contributed by atoms with Gasteiger partial charge in [-0.05, 0) is 56.3 Å². The van der Waals surface area contributed by atoms with Gasteiger partial charge in [0.2, 0.25) is 5.91 Å². The molecule has 0 spiro atoms. The minimum atomic E-state index is -3.96. The lowest BCUT2D eigenvalue weighted by atomic mass is 10.3. The molecule has 0 aliphatic rings. The van der Waals surface area contributed by atoms with Gasteiger partial charge in [0.25, 0.3) is 10.0 Å². The number of halogens is 2. The van der Waals surface area contributed by atoms with Crippen LogP contribution in [0.2, 0.25) is 10.0 Å². The van der Waals surface area contributed by atoms with Crippen molar-refractivity contribution >= 4 is 44.8 Å². The van der Waals surface area contributed by atoms with Crippen molar-refractivity contribution in [2.45, 2.75) is 18.7 Å². The van der Waals surface area contributed by atoms with Crippen LogP contribution >= 0.6 is 23.2 Å². The fourth-order valence-corrected chi connectivity index (χ4v) is 4.20. The van der Waals surface area contributed by atoms with E-state index in [0.717, 1.165) is 4.31 Å². The monoisotopic (exact) mass is 414 g/mol. The fraction of sp³-hybridized carbons (Fsp3) is 0.278. The van der Waals surface area contributed by atoms with Gasteiger partial charge in [0, 0.05) is 23.1 Å². The Morgan fingerprint density at radius 1 is 0.962 bits per heavy atom. The van der Waals surface area contributed by atoms with Gasteiger partial charge in [-0.3, -0.25) is 9.10 Å². The minimum absolute atomic E-state index is 0.0502. The Hall–Kier alpha value is -1.76. The van der Waals surface area contributed by atoms with Gasteiger partial charge in [-0.1, -0.05) is 29.3 Å². The van der Waals surface area contributed by atoms with Crippen LogP contribution in [0.5, 0.6) is 0 Å². The van der Waals surface area contributed by atoms with Crippen molar-refractivity contribution in [2.75, 3.05) is 23.9 Å². The summed E-state index contributed by atoms with van der Waals surface area (Å²) in [6.07, 6.45) is 0. The first-order valence-electron chi connectivity index (χ1n) is 8.11. The number of anilines is 1. The summed E-state index contributed by atoms with van der Waals surface area (Å²) < 4.78 is 27.4. The molecule has 8 heteroatoms. The molecule has 0 saturated heterocycles. The van der Waals surface area contributed by atoms with Gasteiger partial charge in [-0.2, -0.15) is 0 Å². The Morgan fingerprint density at radius 2 is 1.58 bits per heavy atom. The van der Waals surface area contributed by atoms with E-state index in [-0.39, 0.29) is 17.3 Å². The van der Waals surface area contributed by atoms with Crippen molar-refractivity contribution in [1.82, 2.24) is 4.90 Å². The lowest BCUT2D eigenvalue weighted by Gasteiger charge is -2.27. The van der Waals surface area contributed by atoms with E-state index in [1.54, 1.807) is 23.1 Å². The molecule has 2 aromatic carbocycles. The molecule has 26 heavy (non-hydrogen) atoms. The fourth-order valence-electron chi connectivity index (χ4n) is 2.48. The van der Waals surface area contributed by atoms with E-state index < -0.39 is 10.0 Å². The van der Waals surface area contributed by atoms with Crippen molar-refractivity contribution in [3.05, 3.63) is 58.6 Å². The molecular formula is C18H20Cl2N2O3S. The average molecular weight is 415 g/mol. The standard InChI is InChI=1S/C18H20Cl2N2O3S/c1-3-21(4-2)18(23)13-22(16-7-5-6-15(20)12-16)26(24,25)17-10-8-14(19)9-11-17/h5-12H,3-4,13H2,1-2H3. The maximum absolute atomic E-state index is 13.2. The van der Waals surface area contributed by atoms with Crippen LogP contribution in [0.3, 0.4) is 0 Å². The Balaban J connectivity index is 2.49. The quantitative estimate of drug-likeness (QED) is 0.686. The smallest absolute Gasteiger partial charge is 0.264 e. The maximum atomic E-state index is 13.2. The maximum Gasteiger partial charge on any atom is 0.264 e. The molecule has 2 aromatic rings. The van der Waals surface area contributed by atoms with E-state index in [0.29, 0.717) is 28.8 Å². The molecule has 140 valence electrons. The van der Waals surface area contributed by atoms with Crippen LogP contribution in [0.25, 0.3) is 0 Å².